The molecular formula is C15H17FN2. The number of halogens is 1. The van der Waals surface area contributed by atoms with Gasteiger partial charge in [0.15, 0.2) is 0 Å². The molecule has 3 rings (SSSR count). The van der Waals surface area contributed by atoms with E-state index in [-0.39, 0.29) is 5.82 Å². The van der Waals surface area contributed by atoms with Gasteiger partial charge in [0.25, 0.3) is 0 Å². The molecule has 1 aromatic heterocycles. The molecule has 1 saturated carbocycles. The van der Waals surface area contributed by atoms with E-state index in [9.17, 15) is 4.39 Å². The van der Waals surface area contributed by atoms with Gasteiger partial charge < -0.3 is 4.57 Å². The summed E-state index contributed by atoms with van der Waals surface area (Å²) in [6, 6.07) is 6.61. The number of hydrogen-bond acceptors (Lipinski definition) is 1. The summed E-state index contributed by atoms with van der Waals surface area (Å²) in [5, 5.41) is 0. The number of nitrogens with zero attached hydrogens (tertiary/aromatic N) is 2. The summed E-state index contributed by atoms with van der Waals surface area (Å²) in [4.78, 5) is 4.68. The van der Waals surface area contributed by atoms with Gasteiger partial charge in [-0.3, -0.25) is 0 Å². The van der Waals surface area contributed by atoms with Crippen molar-refractivity contribution < 1.29 is 4.39 Å². The second-order valence-corrected chi connectivity index (χ2v) is 5.86. The molecule has 0 bridgehead atoms. The van der Waals surface area contributed by atoms with Crippen LogP contribution >= 0.6 is 0 Å². The first-order chi connectivity index (χ1) is 8.47. The standard InChI is InChI=1S/C15H17FN2/c1-15(2)8-12(15)13-9-18(3)14(17-13)10-5-4-6-11(16)7-10/h4-7,9,12H,8H2,1-3H3. The third-order valence-electron chi connectivity index (χ3n) is 3.85. The Kier molecular flexibility index (Phi) is 2.34. The summed E-state index contributed by atoms with van der Waals surface area (Å²) in [7, 11) is 1.96. The van der Waals surface area contributed by atoms with Gasteiger partial charge in [0.2, 0.25) is 0 Å². The minimum Gasteiger partial charge on any atom is -0.334 e. The average Bonchev–Trinajstić information content (AvgIpc) is 2.77. The molecule has 0 aliphatic heterocycles. The Morgan fingerprint density at radius 1 is 1.39 bits per heavy atom. The van der Waals surface area contributed by atoms with Gasteiger partial charge in [-0.15, -0.1) is 0 Å². The van der Waals surface area contributed by atoms with Crippen LogP contribution in [0.15, 0.2) is 30.5 Å². The normalized spacial score (nSPS) is 21.0. The molecule has 0 saturated heterocycles. The zero-order valence-corrected chi connectivity index (χ0v) is 10.9. The molecule has 3 heteroatoms. The van der Waals surface area contributed by atoms with Crippen LogP contribution in [-0.2, 0) is 7.05 Å². The lowest BCUT2D eigenvalue weighted by atomic mass is 10.1. The van der Waals surface area contributed by atoms with Crippen LogP contribution in [0.2, 0.25) is 0 Å². The van der Waals surface area contributed by atoms with Gasteiger partial charge in [-0.2, -0.15) is 0 Å². The van der Waals surface area contributed by atoms with Crippen LogP contribution in [0.3, 0.4) is 0 Å². The highest BCUT2D eigenvalue weighted by atomic mass is 19.1. The van der Waals surface area contributed by atoms with Crippen molar-refractivity contribution >= 4 is 0 Å². The molecule has 1 aromatic carbocycles. The molecule has 18 heavy (non-hydrogen) atoms. The van der Waals surface area contributed by atoms with Gasteiger partial charge in [0.1, 0.15) is 11.6 Å². The zero-order chi connectivity index (χ0) is 12.9. The molecule has 0 radical (unpaired) electrons. The van der Waals surface area contributed by atoms with Crippen molar-refractivity contribution in [1.29, 1.82) is 0 Å². The maximum atomic E-state index is 13.2. The van der Waals surface area contributed by atoms with Crippen molar-refractivity contribution in [3.05, 3.63) is 42.0 Å². The molecule has 2 nitrogen and oxygen atoms in total. The van der Waals surface area contributed by atoms with Crippen LogP contribution in [0.1, 0.15) is 31.9 Å². The van der Waals surface area contributed by atoms with Crippen molar-refractivity contribution in [2.45, 2.75) is 26.2 Å². The van der Waals surface area contributed by atoms with Gasteiger partial charge in [0.05, 0.1) is 5.69 Å². The first-order valence-electron chi connectivity index (χ1n) is 6.26. The SMILES string of the molecule is Cn1cc(C2CC2(C)C)nc1-c1cccc(F)c1. The van der Waals surface area contributed by atoms with Crippen molar-refractivity contribution in [1.82, 2.24) is 9.55 Å². The van der Waals surface area contributed by atoms with Gasteiger partial charge in [-0.25, -0.2) is 9.37 Å². The van der Waals surface area contributed by atoms with E-state index in [0.29, 0.717) is 11.3 Å². The van der Waals surface area contributed by atoms with Crippen molar-refractivity contribution in [3.8, 4) is 11.4 Å². The van der Waals surface area contributed by atoms with Crippen molar-refractivity contribution in [2.24, 2.45) is 12.5 Å². The maximum Gasteiger partial charge on any atom is 0.140 e. The lowest BCUT2D eigenvalue weighted by Crippen LogP contribution is -1.91. The number of imidazole rings is 1. The van der Waals surface area contributed by atoms with Gasteiger partial charge >= 0.3 is 0 Å². The fourth-order valence-corrected chi connectivity index (χ4v) is 2.53. The van der Waals surface area contributed by atoms with E-state index in [1.54, 1.807) is 6.07 Å². The third kappa shape index (κ3) is 1.84. The van der Waals surface area contributed by atoms with Gasteiger partial charge in [-0.05, 0) is 24.0 Å². The van der Waals surface area contributed by atoms with Crippen LogP contribution in [0.5, 0.6) is 0 Å². The fourth-order valence-electron chi connectivity index (χ4n) is 2.53. The number of aromatic nitrogens is 2. The first-order valence-corrected chi connectivity index (χ1v) is 6.26. The fraction of sp³-hybridized carbons (Fsp3) is 0.400. The Labute approximate surface area is 106 Å². The summed E-state index contributed by atoms with van der Waals surface area (Å²) in [6.45, 7) is 4.52. The Morgan fingerprint density at radius 2 is 2.11 bits per heavy atom. The Hall–Kier alpha value is -1.64. The van der Waals surface area contributed by atoms with Crippen LogP contribution in [-0.4, -0.2) is 9.55 Å². The van der Waals surface area contributed by atoms with Gasteiger partial charge in [-0.1, -0.05) is 26.0 Å². The van der Waals surface area contributed by atoms with E-state index < -0.39 is 0 Å². The number of hydrogen-bond donors (Lipinski definition) is 0. The Morgan fingerprint density at radius 3 is 2.72 bits per heavy atom. The van der Waals surface area contributed by atoms with E-state index in [1.807, 2.05) is 17.7 Å². The molecule has 1 atom stereocenters. The summed E-state index contributed by atoms with van der Waals surface area (Å²) in [5.41, 5.74) is 2.33. The maximum absolute atomic E-state index is 13.2. The van der Waals surface area contributed by atoms with E-state index in [0.717, 1.165) is 17.1 Å². The Bertz CT molecular complexity index is 598. The summed E-state index contributed by atoms with van der Waals surface area (Å²) < 4.78 is 15.2. The molecule has 0 N–H and O–H groups in total. The summed E-state index contributed by atoms with van der Waals surface area (Å²) in [5.74, 6) is 1.17. The number of rotatable bonds is 2. The summed E-state index contributed by atoms with van der Waals surface area (Å²) in [6.07, 6.45) is 3.26. The lowest BCUT2D eigenvalue weighted by Gasteiger charge is -2.00. The molecular weight excluding hydrogens is 227 g/mol. The average molecular weight is 244 g/mol. The van der Waals surface area contributed by atoms with E-state index in [2.05, 4.69) is 25.0 Å². The molecule has 2 aromatic rings. The quantitative estimate of drug-likeness (QED) is 0.787. The van der Waals surface area contributed by atoms with Crippen molar-refractivity contribution in [2.75, 3.05) is 0 Å². The van der Waals surface area contributed by atoms with E-state index >= 15 is 0 Å². The second-order valence-electron chi connectivity index (χ2n) is 5.86. The largest absolute Gasteiger partial charge is 0.334 e. The second kappa shape index (κ2) is 3.67. The predicted molar refractivity (Wildman–Crippen MR) is 69.7 cm³/mol. The zero-order valence-electron chi connectivity index (χ0n) is 10.9. The molecule has 1 unspecified atom stereocenters. The van der Waals surface area contributed by atoms with Crippen LogP contribution < -0.4 is 0 Å². The first kappa shape index (κ1) is 11.5. The van der Waals surface area contributed by atoms with Gasteiger partial charge in [0, 0.05) is 24.7 Å². The highest BCUT2D eigenvalue weighted by molar-refractivity contribution is 5.56. The molecule has 1 fully saturated rings. The van der Waals surface area contributed by atoms with E-state index in [1.165, 1.54) is 18.6 Å². The molecule has 0 spiro atoms. The van der Waals surface area contributed by atoms with Crippen LogP contribution in [0.25, 0.3) is 11.4 Å². The molecule has 1 heterocycles. The predicted octanol–water partition coefficient (Wildman–Crippen LogP) is 3.74. The highest BCUT2D eigenvalue weighted by Crippen LogP contribution is 2.58. The highest BCUT2D eigenvalue weighted by Gasteiger charge is 2.48. The molecule has 1 aliphatic rings. The number of benzene rings is 1. The Balaban J connectivity index is 1.99. The van der Waals surface area contributed by atoms with Crippen LogP contribution in [0.4, 0.5) is 4.39 Å². The minimum atomic E-state index is -0.219. The van der Waals surface area contributed by atoms with Crippen molar-refractivity contribution in [3.63, 3.8) is 0 Å². The van der Waals surface area contributed by atoms with E-state index in [4.69, 9.17) is 0 Å². The molecule has 1 aliphatic carbocycles. The number of aryl methyl sites for hydroxylation is 1. The topological polar surface area (TPSA) is 17.8 Å². The molecule has 0 amide bonds. The molecule has 94 valence electrons. The lowest BCUT2D eigenvalue weighted by molar-refractivity contribution is 0.617. The monoisotopic (exact) mass is 244 g/mol. The smallest absolute Gasteiger partial charge is 0.140 e. The minimum absolute atomic E-state index is 0.219. The third-order valence-corrected chi connectivity index (χ3v) is 3.85. The van der Waals surface area contributed by atoms with Crippen LogP contribution in [0, 0.1) is 11.2 Å². The summed E-state index contributed by atoms with van der Waals surface area (Å²) >= 11 is 0.